The summed E-state index contributed by atoms with van der Waals surface area (Å²) in [5, 5.41) is 9.77. The Morgan fingerprint density at radius 2 is 1.74 bits per heavy atom. The minimum atomic E-state index is -1.13. The van der Waals surface area contributed by atoms with Gasteiger partial charge >= 0.3 is 5.97 Å². The van der Waals surface area contributed by atoms with Gasteiger partial charge < -0.3 is 10.8 Å². The number of aromatic carboxylic acids is 1. The molecule has 7 heteroatoms. The number of pyridine rings is 1. The summed E-state index contributed by atoms with van der Waals surface area (Å²) in [7, 11) is 0. The van der Waals surface area contributed by atoms with E-state index in [1.165, 1.54) is 12.3 Å². The molecule has 0 aliphatic heterocycles. The Labute approximate surface area is 123 Å². The molecule has 0 saturated heterocycles. The van der Waals surface area contributed by atoms with Crippen LogP contribution in [0.15, 0.2) is 24.4 Å². The number of carbonyl (C=O) groups is 1. The zero-order chi connectivity index (χ0) is 14.2. The molecule has 98 valence electrons. The Balaban J connectivity index is 2.60. The number of benzene rings is 1. The van der Waals surface area contributed by atoms with Crippen molar-refractivity contribution in [2.24, 2.45) is 0 Å². The van der Waals surface area contributed by atoms with Gasteiger partial charge in [0.15, 0.2) is 0 Å². The number of anilines is 1. The van der Waals surface area contributed by atoms with Crippen LogP contribution < -0.4 is 5.73 Å². The maximum atomic E-state index is 11.0. The molecule has 0 unspecified atom stereocenters. The highest BCUT2D eigenvalue weighted by atomic mass is 35.5. The fourth-order valence-electron chi connectivity index (χ4n) is 1.51. The van der Waals surface area contributed by atoms with E-state index in [4.69, 9.17) is 45.6 Å². The average molecular weight is 318 g/mol. The Morgan fingerprint density at radius 1 is 1.16 bits per heavy atom. The molecule has 19 heavy (non-hydrogen) atoms. The van der Waals surface area contributed by atoms with E-state index in [9.17, 15) is 4.79 Å². The van der Waals surface area contributed by atoms with Crippen molar-refractivity contribution in [3.63, 3.8) is 0 Å². The van der Waals surface area contributed by atoms with Gasteiger partial charge in [-0.15, -0.1) is 0 Å². The van der Waals surface area contributed by atoms with Crippen LogP contribution in [0, 0.1) is 0 Å². The fraction of sp³-hybridized carbons (Fsp3) is 0. The van der Waals surface area contributed by atoms with Crippen LogP contribution in [0.2, 0.25) is 15.1 Å². The third kappa shape index (κ3) is 2.76. The molecular weight excluding hydrogens is 311 g/mol. The number of hydrogen-bond acceptors (Lipinski definition) is 3. The van der Waals surface area contributed by atoms with Crippen LogP contribution >= 0.6 is 34.8 Å². The maximum absolute atomic E-state index is 11.0. The first-order chi connectivity index (χ1) is 8.90. The van der Waals surface area contributed by atoms with Crippen molar-refractivity contribution < 1.29 is 9.90 Å². The Hall–Kier alpha value is -1.49. The number of aromatic nitrogens is 1. The first kappa shape index (κ1) is 13.9. The molecular formula is C12H7Cl3N2O2. The van der Waals surface area contributed by atoms with Gasteiger partial charge in [-0.25, -0.2) is 4.79 Å². The zero-order valence-electron chi connectivity index (χ0n) is 9.32. The van der Waals surface area contributed by atoms with Crippen molar-refractivity contribution in [1.82, 2.24) is 4.98 Å². The fourth-order valence-corrected chi connectivity index (χ4v) is 2.11. The summed E-state index contributed by atoms with van der Waals surface area (Å²) in [6.45, 7) is 0. The standard InChI is InChI=1S/C12H7Cl3N2O2/c13-7-1-5(2-8(14)11(7)15)10-3-6(12(18)19)9(16)4-17-10/h1-4H,16H2,(H,18,19). The molecule has 2 rings (SSSR count). The normalized spacial score (nSPS) is 10.5. The lowest BCUT2D eigenvalue weighted by molar-refractivity contribution is 0.0698. The SMILES string of the molecule is Nc1cnc(-c2cc(Cl)c(Cl)c(Cl)c2)cc1C(=O)O. The lowest BCUT2D eigenvalue weighted by Crippen LogP contribution is -2.03. The van der Waals surface area contributed by atoms with Crippen LogP contribution in [-0.2, 0) is 0 Å². The summed E-state index contributed by atoms with van der Waals surface area (Å²) < 4.78 is 0. The van der Waals surface area contributed by atoms with Crippen LogP contribution in [0.5, 0.6) is 0 Å². The molecule has 0 radical (unpaired) electrons. The minimum absolute atomic E-state index is 0.0350. The Bertz CT molecular complexity index is 651. The molecule has 1 aromatic carbocycles. The van der Waals surface area contributed by atoms with Crippen molar-refractivity contribution in [1.29, 1.82) is 0 Å². The highest BCUT2D eigenvalue weighted by Crippen LogP contribution is 2.34. The monoisotopic (exact) mass is 316 g/mol. The van der Waals surface area contributed by atoms with Gasteiger partial charge in [0.1, 0.15) is 0 Å². The minimum Gasteiger partial charge on any atom is -0.478 e. The van der Waals surface area contributed by atoms with Gasteiger partial charge in [0, 0.05) is 5.56 Å². The molecule has 0 saturated carbocycles. The number of rotatable bonds is 2. The van der Waals surface area contributed by atoms with Crippen LogP contribution in [-0.4, -0.2) is 16.1 Å². The molecule has 0 fully saturated rings. The van der Waals surface area contributed by atoms with E-state index >= 15 is 0 Å². The molecule has 0 aliphatic rings. The summed E-state index contributed by atoms with van der Waals surface area (Å²) in [6, 6.07) is 4.47. The van der Waals surface area contributed by atoms with Crippen LogP contribution in [0.3, 0.4) is 0 Å². The molecule has 0 atom stereocenters. The summed E-state index contributed by atoms with van der Waals surface area (Å²) in [5.41, 5.74) is 6.54. The lowest BCUT2D eigenvalue weighted by atomic mass is 10.1. The smallest absolute Gasteiger partial charge is 0.337 e. The zero-order valence-corrected chi connectivity index (χ0v) is 11.6. The van der Waals surface area contributed by atoms with E-state index in [0.29, 0.717) is 11.3 Å². The van der Waals surface area contributed by atoms with E-state index in [2.05, 4.69) is 4.98 Å². The van der Waals surface area contributed by atoms with Crippen LogP contribution in [0.1, 0.15) is 10.4 Å². The molecule has 0 spiro atoms. The molecule has 0 amide bonds. The predicted molar refractivity (Wildman–Crippen MR) is 76.1 cm³/mol. The first-order valence-corrected chi connectivity index (χ1v) is 6.17. The highest BCUT2D eigenvalue weighted by Gasteiger charge is 2.13. The van der Waals surface area contributed by atoms with Gasteiger partial charge in [-0.1, -0.05) is 34.8 Å². The number of carboxylic acids is 1. The number of nitrogen functional groups attached to an aromatic ring is 1. The molecule has 4 nitrogen and oxygen atoms in total. The largest absolute Gasteiger partial charge is 0.478 e. The first-order valence-electron chi connectivity index (χ1n) is 5.04. The lowest BCUT2D eigenvalue weighted by Gasteiger charge is -2.07. The van der Waals surface area contributed by atoms with Crippen molar-refractivity contribution in [3.8, 4) is 11.3 Å². The number of halogens is 3. The summed E-state index contributed by atoms with van der Waals surface area (Å²) >= 11 is 17.7. The summed E-state index contributed by atoms with van der Waals surface area (Å²) in [4.78, 5) is 15.1. The van der Waals surface area contributed by atoms with Crippen LogP contribution in [0.4, 0.5) is 5.69 Å². The van der Waals surface area contributed by atoms with Gasteiger partial charge in [-0.3, -0.25) is 4.98 Å². The van der Waals surface area contributed by atoms with E-state index in [-0.39, 0.29) is 26.3 Å². The van der Waals surface area contributed by atoms with Crippen molar-refractivity contribution in [2.75, 3.05) is 5.73 Å². The topological polar surface area (TPSA) is 76.2 Å². The number of carboxylic acid groups (broad SMARTS) is 1. The Kier molecular flexibility index (Phi) is 3.85. The van der Waals surface area contributed by atoms with Gasteiger partial charge in [0.2, 0.25) is 0 Å². The molecule has 3 N–H and O–H groups in total. The molecule has 0 bridgehead atoms. The van der Waals surface area contributed by atoms with E-state index in [1.807, 2.05) is 0 Å². The number of nitrogens with two attached hydrogens (primary N) is 1. The quantitative estimate of drug-likeness (QED) is 0.821. The second-order valence-electron chi connectivity index (χ2n) is 3.72. The summed E-state index contributed by atoms with van der Waals surface area (Å²) in [6.07, 6.45) is 1.27. The van der Waals surface area contributed by atoms with Crippen LogP contribution in [0.25, 0.3) is 11.3 Å². The maximum Gasteiger partial charge on any atom is 0.337 e. The average Bonchev–Trinajstić information content (AvgIpc) is 2.35. The Morgan fingerprint density at radius 3 is 2.26 bits per heavy atom. The van der Waals surface area contributed by atoms with Gasteiger partial charge in [-0.2, -0.15) is 0 Å². The van der Waals surface area contributed by atoms with Crippen molar-refractivity contribution >= 4 is 46.5 Å². The van der Waals surface area contributed by atoms with Crippen molar-refractivity contribution in [3.05, 3.63) is 45.0 Å². The highest BCUT2D eigenvalue weighted by molar-refractivity contribution is 6.48. The van der Waals surface area contributed by atoms with Gasteiger partial charge in [0.05, 0.1) is 38.2 Å². The third-order valence-electron chi connectivity index (χ3n) is 2.44. The summed E-state index contributed by atoms with van der Waals surface area (Å²) in [5.74, 6) is -1.13. The van der Waals surface area contributed by atoms with E-state index in [1.54, 1.807) is 12.1 Å². The molecule has 1 heterocycles. The number of hydrogen-bond donors (Lipinski definition) is 2. The third-order valence-corrected chi connectivity index (χ3v) is 3.64. The van der Waals surface area contributed by atoms with Gasteiger partial charge in [0.25, 0.3) is 0 Å². The van der Waals surface area contributed by atoms with Crippen molar-refractivity contribution in [2.45, 2.75) is 0 Å². The van der Waals surface area contributed by atoms with Gasteiger partial charge in [-0.05, 0) is 18.2 Å². The van der Waals surface area contributed by atoms with E-state index < -0.39 is 5.97 Å². The second-order valence-corrected chi connectivity index (χ2v) is 4.91. The molecule has 2 aromatic rings. The molecule has 0 aliphatic carbocycles. The number of nitrogens with zero attached hydrogens (tertiary/aromatic N) is 1. The van der Waals surface area contributed by atoms with E-state index in [0.717, 1.165) is 0 Å². The predicted octanol–water partition coefficient (Wildman–Crippen LogP) is 3.99. The second kappa shape index (κ2) is 5.25. The molecule has 1 aromatic heterocycles.